The van der Waals surface area contributed by atoms with Gasteiger partial charge in [0.2, 0.25) is 6.08 Å². The molecular formula is C13H14BrNO2. The summed E-state index contributed by atoms with van der Waals surface area (Å²) in [7, 11) is 0. The number of hydrogen-bond acceptors (Lipinski definition) is 3. The average Bonchev–Trinajstić information content (AvgIpc) is 2.55. The zero-order valence-corrected chi connectivity index (χ0v) is 11.1. The zero-order valence-electron chi connectivity index (χ0n) is 9.50. The quantitative estimate of drug-likeness (QED) is 0.517. The molecule has 3 nitrogen and oxygen atoms in total. The topological polar surface area (TPSA) is 49.7 Å². The normalized spacial score (nSPS) is 14.6. The highest BCUT2D eigenvalue weighted by atomic mass is 79.9. The number of halogens is 1. The van der Waals surface area contributed by atoms with E-state index in [2.05, 4.69) is 20.9 Å². The first-order valence-electron chi connectivity index (χ1n) is 5.79. The largest absolute Gasteiger partial charge is 0.506 e. The molecule has 1 aromatic rings. The van der Waals surface area contributed by atoms with Gasteiger partial charge in [-0.15, -0.1) is 0 Å². The van der Waals surface area contributed by atoms with E-state index in [0.29, 0.717) is 4.47 Å². The van der Waals surface area contributed by atoms with Crippen LogP contribution in [0.25, 0.3) is 0 Å². The summed E-state index contributed by atoms with van der Waals surface area (Å²) in [5, 5.41) is 10.0. The van der Waals surface area contributed by atoms with E-state index in [1.54, 1.807) is 0 Å². The summed E-state index contributed by atoms with van der Waals surface area (Å²) >= 11 is 3.35. The number of fused-ring (bicyclic) bond motifs is 1. The fraction of sp³-hybridized carbons (Fsp3) is 0.462. The Kier molecular flexibility index (Phi) is 3.97. The predicted molar refractivity (Wildman–Crippen MR) is 68.9 cm³/mol. The van der Waals surface area contributed by atoms with E-state index in [0.717, 1.165) is 24.8 Å². The van der Waals surface area contributed by atoms with Crippen molar-refractivity contribution in [1.82, 2.24) is 0 Å². The minimum Gasteiger partial charge on any atom is -0.506 e. The number of carbonyl (C=O) groups excluding carboxylic acids is 1. The summed E-state index contributed by atoms with van der Waals surface area (Å²) in [5.74, 6) is 0.213. The van der Waals surface area contributed by atoms with E-state index >= 15 is 0 Å². The number of aliphatic imine (C=N–C) groups is 1. The Morgan fingerprint density at radius 2 is 2.12 bits per heavy atom. The molecule has 0 amide bonds. The number of hydrogen-bond donors (Lipinski definition) is 1. The van der Waals surface area contributed by atoms with Crippen molar-refractivity contribution < 1.29 is 9.90 Å². The lowest BCUT2D eigenvalue weighted by molar-refractivity contribution is 0.463. The fourth-order valence-electron chi connectivity index (χ4n) is 2.40. The van der Waals surface area contributed by atoms with Gasteiger partial charge in [-0.1, -0.05) is 6.42 Å². The molecule has 90 valence electrons. The third kappa shape index (κ3) is 2.59. The SMILES string of the molecule is O=C=NCc1c(O)c(Br)cc2c1CCCCC2. The summed E-state index contributed by atoms with van der Waals surface area (Å²) < 4.78 is 0.689. The Hall–Kier alpha value is -1.12. The number of nitrogens with zero attached hydrogens (tertiary/aromatic N) is 1. The molecule has 0 fully saturated rings. The van der Waals surface area contributed by atoms with Crippen LogP contribution < -0.4 is 0 Å². The van der Waals surface area contributed by atoms with Gasteiger partial charge in [0.1, 0.15) is 5.75 Å². The second kappa shape index (κ2) is 5.48. The molecule has 0 spiro atoms. The Balaban J connectivity index is 2.52. The van der Waals surface area contributed by atoms with Crippen LogP contribution in [0.15, 0.2) is 15.5 Å². The molecular weight excluding hydrogens is 282 g/mol. The van der Waals surface area contributed by atoms with E-state index in [9.17, 15) is 9.90 Å². The maximum atomic E-state index is 10.2. The molecule has 0 saturated carbocycles. The van der Waals surface area contributed by atoms with Crippen LogP contribution in [0.1, 0.15) is 36.0 Å². The van der Waals surface area contributed by atoms with Crippen LogP contribution in [-0.4, -0.2) is 11.2 Å². The van der Waals surface area contributed by atoms with E-state index < -0.39 is 0 Å². The van der Waals surface area contributed by atoms with Crippen LogP contribution in [0.3, 0.4) is 0 Å². The summed E-state index contributed by atoms with van der Waals surface area (Å²) in [6.45, 7) is 0.219. The number of rotatable bonds is 2. The first-order chi connectivity index (χ1) is 8.24. The molecule has 1 aromatic carbocycles. The van der Waals surface area contributed by atoms with Gasteiger partial charge in [-0.2, -0.15) is 0 Å². The van der Waals surface area contributed by atoms with Crippen molar-refractivity contribution >= 4 is 22.0 Å². The van der Waals surface area contributed by atoms with E-state index in [4.69, 9.17) is 0 Å². The standard InChI is InChI=1S/C13H14BrNO2/c14-12-6-9-4-2-1-3-5-10(9)11(13(12)17)7-15-8-16/h6,17H,1-5,7H2. The molecule has 0 aliphatic heterocycles. The maximum absolute atomic E-state index is 10.2. The first-order valence-corrected chi connectivity index (χ1v) is 6.59. The number of aryl methyl sites for hydroxylation is 1. The lowest BCUT2D eigenvalue weighted by Crippen LogP contribution is -1.99. The lowest BCUT2D eigenvalue weighted by atomic mass is 9.96. The van der Waals surface area contributed by atoms with E-state index in [1.165, 1.54) is 30.0 Å². The lowest BCUT2D eigenvalue weighted by Gasteiger charge is -2.14. The Morgan fingerprint density at radius 3 is 2.88 bits per heavy atom. The Bertz CT molecular complexity index is 479. The van der Waals surface area contributed by atoms with Crippen LogP contribution in [0.4, 0.5) is 0 Å². The number of phenols is 1. The van der Waals surface area contributed by atoms with E-state index in [-0.39, 0.29) is 12.3 Å². The molecule has 0 aromatic heterocycles. The van der Waals surface area contributed by atoms with Gasteiger partial charge in [0.15, 0.2) is 0 Å². The fourth-order valence-corrected chi connectivity index (χ4v) is 2.92. The third-order valence-electron chi connectivity index (χ3n) is 3.24. The molecule has 0 saturated heterocycles. The molecule has 2 rings (SSSR count). The average molecular weight is 296 g/mol. The maximum Gasteiger partial charge on any atom is 0.235 e. The van der Waals surface area contributed by atoms with Crippen LogP contribution >= 0.6 is 15.9 Å². The molecule has 0 bridgehead atoms. The molecule has 0 unspecified atom stereocenters. The monoisotopic (exact) mass is 295 g/mol. The highest BCUT2D eigenvalue weighted by Crippen LogP contribution is 2.36. The van der Waals surface area contributed by atoms with Crippen LogP contribution in [0.5, 0.6) is 5.75 Å². The minimum atomic E-state index is 0.213. The Morgan fingerprint density at radius 1 is 1.35 bits per heavy atom. The highest BCUT2D eigenvalue weighted by Gasteiger charge is 2.17. The number of isocyanates is 1. The molecule has 1 aliphatic rings. The van der Waals surface area contributed by atoms with Crippen LogP contribution in [0.2, 0.25) is 0 Å². The van der Waals surface area contributed by atoms with Gasteiger partial charge in [0.25, 0.3) is 0 Å². The molecule has 17 heavy (non-hydrogen) atoms. The van der Waals surface area contributed by atoms with Crippen molar-refractivity contribution in [2.45, 2.75) is 38.6 Å². The molecule has 4 heteroatoms. The van der Waals surface area contributed by atoms with Crippen molar-refractivity contribution in [3.05, 3.63) is 27.2 Å². The summed E-state index contributed by atoms with van der Waals surface area (Å²) in [6, 6.07) is 1.99. The summed E-state index contributed by atoms with van der Waals surface area (Å²) in [6.07, 6.45) is 7.05. The van der Waals surface area contributed by atoms with Crippen molar-refractivity contribution in [2.75, 3.05) is 0 Å². The number of phenolic OH excluding ortho intramolecular Hbond substituents is 1. The zero-order chi connectivity index (χ0) is 12.3. The molecule has 0 atom stereocenters. The van der Waals surface area contributed by atoms with E-state index in [1.807, 2.05) is 6.07 Å². The summed E-state index contributed by atoms with van der Waals surface area (Å²) in [4.78, 5) is 13.8. The second-order valence-electron chi connectivity index (χ2n) is 4.29. The van der Waals surface area contributed by atoms with Gasteiger partial charge in [-0.25, -0.2) is 9.79 Å². The van der Waals surface area contributed by atoms with Crippen molar-refractivity contribution in [2.24, 2.45) is 4.99 Å². The second-order valence-corrected chi connectivity index (χ2v) is 5.15. The van der Waals surface area contributed by atoms with Gasteiger partial charge in [-0.05, 0) is 58.8 Å². The number of aromatic hydroxyl groups is 1. The van der Waals surface area contributed by atoms with Crippen molar-refractivity contribution in [3.63, 3.8) is 0 Å². The third-order valence-corrected chi connectivity index (χ3v) is 3.84. The van der Waals surface area contributed by atoms with Crippen LogP contribution in [-0.2, 0) is 24.2 Å². The minimum absolute atomic E-state index is 0.213. The Labute approximate surface area is 109 Å². The van der Waals surface area contributed by atoms with Gasteiger partial charge < -0.3 is 5.11 Å². The smallest absolute Gasteiger partial charge is 0.235 e. The summed E-state index contributed by atoms with van der Waals surface area (Å²) in [5.41, 5.74) is 3.21. The van der Waals surface area contributed by atoms with Gasteiger partial charge in [0, 0.05) is 5.56 Å². The van der Waals surface area contributed by atoms with Gasteiger partial charge in [0.05, 0.1) is 11.0 Å². The first kappa shape index (κ1) is 12.3. The van der Waals surface area contributed by atoms with Gasteiger partial charge in [-0.3, -0.25) is 0 Å². The highest BCUT2D eigenvalue weighted by molar-refractivity contribution is 9.10. The molecule has 0 heterocycles. The van der Waals surface area contributed by atoms with Crippen LogP contribution in [0, 0.1) is 0 Å². The van der Waals surface area contributed by atoms with Crippen molar-refractivity contribution in [3.8, 4) is 5.75 Å². The molecule has 0 radical (unpaired) electrons. The van der Waals surface area contributed by atoms with Crippen molar-refractivity contribution in [1.29, 1.82) is 0 Å². The molecule has 1 aliphatic carbocycles. The molecule has 1 N–H and O–H groups in total. The predicted octanol–water partition coefficient (Wildman–Crippen LogP) is 3.26. The number of benzene rings is 1. The van der Waals surface area contributed by atoms with Gasteiger partial charge >= 0.3 is 0 Å².